The molecule has 0 saturated heterocycles. The van der Waals surface area contributed by atoms with Gasteiger partial charge in [0.25, 0.3) is 5.91 Å². The largest absolute Gasteiger partial charge is 0.492 e. The van der Waals surface area contributed by atoms with Gasteiger partial charge >= 0.3 is 0 Å². The molecule has 1 aliphatic rings. The highest BCUT2D eigenvalue weighted by Gasteiger charge is 2.26. The van der Waals surface area contributed by atoms with E-state index in [1.54, 1.807) is 43.4 Å². The maximum Gasteiger partial charge on any atom is 0.269 e. The Morgan fingerprint density at radius 2 is 2.00 bits per heavy atom. The van der Waals surface area contributed by atoms with Gasteiger partial charge in [-0.3, -0.25) is 9.59 Å². The Hall–Kier alpha value is -2.93. The van der Waals surface area contributed by atoms with E-state index >= 15 is 0 Å². The molecule has 3 rings (SSSR count). The molecule has 1 aliphatic heterocycles. The molecule has 0 spiro atoms. The summed E-state index contributed by atoms with van der Waals surface area (Å²) in [5.74, 6) is -0.141. The number of ether oxygens (including phenoxy) is 1. The Morgan fingerprint density at radius 1 is 1.24 bits per heavy atom. The second kappa shape index (κ2) is 9.52. The molecule has 0 unspecified atom stereocenters. The van der Waals surface area contributed by atoms with Gasteiger partial charge in [0.05, 0.1) is 13.1 Å². The van der Waals surface area contributed by atoms with Crippen molar-refractivity contribution >= 4 is 29.1 Å². The van der Waals surface area contributed by atoms with E-state index in [-0.39, 0.29) is 37.0 Å². The highest BCUT2D eigenvalue weighted by Crippen LogP contribution is 2.17. The molecule has 29 heavy (non-hydrogen) atoms. The van der Waals surface area contributed by atoms with Gasteiger partial charge in [-0.05, 0) is 35.9 Å². The maximum absolute atomic E-state index is 13.1. The van der Waals surface area contributed by atoms with Crippen LogP contribution in [0, 0.1) is 5.82 Å². The number of likely N-dealkylation sites (N-methyl/N-ethyl adjacent to an activating group) is 1. The lowest BCUT2D eigenvalue weighted by Gasteiger charge is -2.25. The number of amides is 2. The normalized spacial score (nSPS) is 13.8. The minimum Gasteiger partial charge on any atom is -0.492 e. The predicted octanol–water partition coefficient (Wildman–Crippen LogP) is 3.49. The molecule has 152 valence electrons. The van der Waals surface area contributed by atoms with Gasteiger partial charge in [0.15, 0.2) is 0 Å². The second-order valence-electron chi connectivity index (χ2n) is 6.66. The van der Waals surface area contributed by atoms with Crippen LogP contribution in [0.3, 0.4) is 0 Å². The summed E-state index contributed by atoms with van der Waals surface area (Å²) in [4.78, 5) is 26.3. The number of nitrogens with zero attached hydrogens (tertiary/aromatic N) is 3. The molecule has 8 heteroatoms. The molecule has 6 nitrogen and oxygen atoms in total. The Kier molecular flexibility index (Phi) is 6.82. The number of rotatable bonds is 7. The first-order chi connectivity index (χ1) is 13.9. The van der Waals surface area contributed by atoms with Gasteiger partial charge < -0.3 is 9.64 Å². The third-order valence-electron chi connectivity index (χ3n) is 4.44. The van der Waals surface area contributed by atoms with Gasteiger partial charge in [-0.15, -0.1) is 0 Å². The van der Waals surface area contributed by atoms with Crippen molar-refractivity contribution in [3.8, 4) is 5.75 Å². The SMILES string of the molecule is CN(CCOc1cccc(Cl)c1)C(=O)C1=NN(Cc2ccc(F)cc2)C(=O)CC1. The predicted molar refractivity (Wildman–Crippen MR) is 108 cm³/mol. The first-order valence-corrected chi connectivity index (χ1v) is 9.56. The van der Waals surface area contributed by atoms with Crippen LogP contribution in [0.1, 0.15) is 18.4 Å². The summed E-state index contributed by atoms with van der Waals surface area (Å²) in [6, 6.07) is 12.9. The molecule has 0 aliphatic carbocycles. The lowest BCUT2D eigenvalue weighted by atomic mass is 10.1. The highest BCUT2D eigenvalue weighted by atomic mass is 35.5. The molecule has 0 N–H and O–H groups in total. The summed E-state index contributed by atoms with van der Waals surface area (Å²) in [5, 5.41) is 6.08. The van der Waals surface area contributed by atoms with Crippen molar-refractivity contribution in [1.29, 1.82) is 0 Å². The lowest BCUT2D eigenvalue weighted by molar-refractivity contribution is -0.132. The van der Waals surface area contributed by atoms with E-state index in [2.05, 4.69) is 5.10 Å². The molecule has 0 aromatic heterocycles. The van der Waals surface area contributed by atoms with Crippen LogP contribution >= 0.6 is 11.6 Å². The zero-order valence-electron chi connectivity index (χ0n) is 16.0. The highest BCUT2D eigenvalue weighted by molar-refractivity contribution is 6.39. The zero-order chi connectivity index (χ0) is 20.8. The van der Waals surface area contributed by atoms with Crippen molar-refractivity contribution in [2.24, 2.45) is 5.10 Å². The van der Waals surface area contributed by atoms with E-state index in [9.17, 15) is 14.0 Å². The number of carbonyl (C=O) groups excluding carboxylic acids is 2. The van der Waals surface area contributed by atoms with Gasteiger partial charge in [0.1, 0.15) is 23.9 Å². The number of halogens is 2. The molecule has 0 bridgehead atoms. The van der Waals surface area contributed by atoms with Crippen molar-refractivity contribution in [1.82, 2.24) is 9.91 Å². The summed E-state index contributed by atoms with van der Waals surface area (Å²) >= 11 is 5.92. The molecule has 2 aromatic carbocycles. The standard InChI is InChI=1S/C21H21ClFN3O3/c1-25(11-12-29-18-4-2-3-16(22)13-18)21(28)19-9-10-20(27)26(24-19)14-15-5-7-17(23)8-6-15/h2-8,13H,9-12,14H2,1H3. The van der Waals surface area contributed by atoms with Crippen LogP contribution in [0.15, 0.2) is 53.6 Å². The number of carbonyl (C=O) groups is 2. The Labute approximate surface area is 173 Å². The summed E-state index contributed by atoms with van der Waals surface area (Å²) in [5.41, 5.74) is 1.05. The number of benzene rings is 2. The summed E-state index contributed by atoms with van der Waals surface area (Å²) < 4.78 is 18.7. The molecule has 2 amide bonds. The fourth-order valence-electron chi connectivity index (χ4n) is 2.82. The van der Waals surface area contributed by atoms with Crippen LogP contribution in [0.5, 0.6) is 5.75 Å². The van der Waals surface area contributed by atoms with E-state index in [1.807, 2.05) is 0 Å². The van der Waals surface area contributed by atoms with E-state index in [0.717, 1.165) is 5.56 Å². The van der Waals surface area contributed by atoms with E-state index in [1.165, 1.54) is 22.0 Å². The fourth-order valence-corrected chi connectivity index (χ4v) is 3.00. The minimum absolute atomic E-state index is 0.169. The zero-order valence-corrected chi connectivity index (χ0v) is 16.7. The third kappa shape index (κ3) is 5.77. The molecule has 0 radical (unpaired) electrons. The number of hydrogen-bond acceptors (Lipinski definition) is 4. The molecular weight excluding hydrogens is 397 g/mol. The lowest BCUT2D eigenvalue weighted by Crippen LogP contribution is -2.41. The van der Waals surface area contributed by atoms with Crippen molar-refractivity contribution in [3.63, 3.8) is 0 Å². The molecule has 0 fully saturated rings. The summed E-state index contributed by atoms with van der Waals surface area (Å²) in [7, 11) is 1.66. The second-order valence-corrected chi connectivity index (χ2v) is 7.09. The van der Waals surface area contributed by atoms with Crippen molar-refractivity contribution in [3.05, 3.63) is 64.9 Å². The van der Waals surface area contributed by atoms with Crippen LogP contribution < -0.4 is 4.74 Å². The van der Waals surface area contributed by atoms with Crippen LogP contribution in [0.25, 0.3) is 0 Å². The average molecular weight is 418 g/mol. The van der Waals surface area contributed by atoms with Crippen molar-refractivity contribution in [2.45, 2.75) is 19.4 Å². The maximum atomic E-state index is 13.1. The Bertz CT molecular complexity index is 918. The van der Waals surface area contributed by atoms with Gasteiger partial charge in [-0.25, -0.2) is 9.40 Å². The molecular formula is C21H21ClFN3O3. The van der Waals surface area contributed by atoms with Gasteiger partial charge in [0, 0.05) is 24.9 Å². The number of hydrazone groups is 1. The monoisotopic (exact) mass is 417 g/mol. The van der Waals surface area contributed by atoms with Crippen molar-refractivity contribution < 1.29 is 18.7 Å². The van der Waals surface area contributed by atoms with E-state index < -0.39 is 0 Å². The first-order valence-electron chi connectivity index (χ1n) is 9.18. The quantitative estimate of drug-likeness (QED) is 0.692. The third-order valence-corrected chi connectivity index (χ3v) is 4.67. The topological polar surface area (TPSA) is 62.2 Å². The fraction of sp³-hybridized carbons (Fsp3) is 0.286. The Morgan fingerprint density at radius 3 is 2.72 bits per heavy atom. The van der Waals surface area contributed by atoms with Crippen LogP contribution in [-0.2, 0) is 16.1 Å². The number of hydrogen-bond donors (Lipinski definition) is 0. The molecule has 1 heterocycles. The van der Waals surface area contributed by atoms with Gasteiger partial charge in [-0.1, -0.05) is 29.8 Å². The minimum atomic E-state index is -0.347. The first kappa shape index (κ1) is 20.8. The van der Waals surface area contributed by atoms with Crippen LogP contribution in [-0.4, -0.2) is 47.6 Å². The van der Waals surface area contributed by atoms with Crippen LogP contribution in [0.4, 0.5) is 4.39 Å². The smallest absolute Gasteiger partial charge is 0.269 e. The summed E-state index contributed by atoms with van der Waals surface area (Å²) in [6.45, 7) is 0.849. The summed E-state index contributed by atoms with van der Waals surface area (Å²) in [6.07, 6.45) is 0.496. The van der Waals surface area contributed by atoms with Gasteiger partial charge in [0.2, 0.25) is 5.91 Å². The van der Waals surface area contributed by atoms with Crippen LogP contribution in [0.2, 0.25) is 5.02 Å². The molecule has 0 atom stereocenters. The Balaban J connectivity index is 1.57. The molecule has 0 saturated carbocycles. The van der Waals surface area contributed by atoms with E-state index in [4.69, 9.17) is 16.3 Å². The average Bonchev–Trinajstić information content (AvgIpc) is 2.71. The van der Waals surface area contributed by atoms with E-state index in [0.29, 0.717) is 29.6 Å². The van der Waals surface area contributed by atoms with Crippen molar-refractivity contribution in [2.75, 3.05) is 20.2 Å². The van der Waals surface area contributed by atoms with Gasteiger partial charge in [-0.2, -0.15) is 5.10 Å². The molecule has 2 aromatic rings.